The van der Waals surface area contributed by atoms with Gasteiger partial charge in [0.25, 0.3) is 0 Å². The lowest BCUT2D eigenvalue weighted by Crippen LogP contribution is -2.19. The van der Waals surface area contributed by atoms with Crippen LogP contribution in [-0.2, 0) is 19.3 Å². The molecule has 0 aromatic heterocycles. The zero-order valence-corrected chi connectivity index (χ0v) is 8.78. The molecular weight excluding hydrogens is 222 g/mol. The van der Waals surface area contributed by atoms with Crippen LogP contribution in [0.5, 0.6) is 0 Å². The normalized spacial score (nSPS) is 16.4. The monoisotopic (exact) mass is 231 g/mol. The first-order valence-electron chi connectivity index (χ1n) is 4.92. The van der Waals surface area contributed by atoms with E-state index in [-0.39, 0.29) is 0 Å². The Morgan fingerprint density at radius 2 is 2.12 bits per heavy atom. The first-order chi connectivity index (χ1) is 8.33. The van der Waals surface area contributed by atoms with Crippen LogP contribution in [0.1, 0.15) is 11.5 Å². The van der Waals surface area contributed by atoms with Crippen LogP contribution in [-0.4, -0.2) is 12.3 Å². The minimum Gasteiger partial charge on any atom is -0.446 e. The minimum absolute atomic E-state index is 0.515. The van der Waals surface area contributed by atoms with E-state index in [1.807, 2.05) is 18.2 Å². The summed E-state index contributed by atoms with van der Waals surface area (Å²) in [5.74, 6) is -1.15. The van der Waals surface area contributed by atoms with Crippen LogP contribution < -0.4 is 0 Å². The highest BCUT2D eigenvalue weighted by Crippen LogP contribution is 2.32. The second-order valence-corrected chi connectivity index (χ2v) is 3.30. The molecule has 0 bridgehead atoms. The van der Waals surface area contributed by atoms with Crippen LogP contribution >= 0.6 is 0 Å². The van der Waals surface area contributed by atoms with Gasteiger partial charge in [0.1, 0.15) is 5.92 Å². The standard InChI is InChI=1S/C12H9NO4/c1-13-7-8-15-11(14)10(12-16-17-12)9-5-3-2-4-6-9/h2-8,10,12H/b8-7-. The highest BCUT2D eigenvalue weighted by Gasteiger charge is 2.43. The highest BCUT2D eigenvalue weighted by molar-refractivity contribution is 5.79. The lowest BCUT2D eigenvalue weighted by atomic mass is 9.99. The number of rotatable bonds is 4. The molecule has 0 N–H and O–H groups in total. The summed E-state index contributed by atoms with van der Waals surface area (Å²) >= 11 is 0. The fourth-order valence-electron chi connectivity index (χ4n) is 1.41. The van der Waals surface area contributed by atoms with E-state index in [0.29, 0.717) is 0 Å². The van der Waals surface area contributed by atoms with Gasteiger partial charge in [0.15, 0.2) is 6.20 Å². The summed E-state index contributed by atoms with van der Waals surface area (Å²) in [6.07, 6.45) is 1.51. The van der Waals surface area contributed by atoms with Gasteiger partial charge in [-0.1, -0.05) is 30.3 Å². The molecule has 2 rings (SSSR count). The van der Waals surface area contributed by atoms with E-state index >= 15 is 0 Å². The molecule has 0 radical (unpaired) electrons. The van der Waals surface area contributed by atoms with Crippen molar-refractivity contribution in [2.45, 2.75) is 12.2 Å². The first kappa shape index (κ1) is 11.3. The molecule has 1 aromatic carbocycles. The van der Waals surface area contributed by atoms with E-state index in [9.17, 15) is 4.79 Å². The number of esters is 1. The predicted molar refractivity (Wildman–Crippen MR) is 57.0 cm³/mol. The Bertz CT molecular complexity index is 459. The molecule has 1 fully saturated rings. The molecule has 17 heavy (non-hydrogen) atoms. The van der Waals surface area contributed by atoms with Crippen molar-refractivity contribution in [3.8, 4) is 0 Å². The van der Waals surface area contributed by atoms with Gasteiger partial charge in [-0.25, -0.2) is 4.85 Å². The van der Waals surface area contributed by atoms with E-state index in [0.717, 1.165) is 18.0 Å². The van der Waals surface area contributed by atoms with Crippen LogP contribution in [0, 0.1) is 6.57 Å². The Hall–Kier alpha value is -2.16. The Labute approximate surface area is 98.0 Å². The second-order valence-electron chi connectivity index (χ2n) is 3.30. The number of nitrogens with zero attached hydrogens (tertiary/aromatic N) is 1. The topological polar surface area (TPSA) is 55.7 Å². The molecular formula is C12H9NO4. The number of ether oxygens (including phenoxy) is 1. The third kappa shape index (κ3) is 2.91. The summed E-state index contributed by atoms with van der Waals surface area (Å²) in [4.78, 5) is 24.0. The summed E-state index contributed by atoms with van der Waals surface area (Å²) in [5.41, 5.74) is 0.746. The van der Waals surface area contributed by atoms with Crippen LogP contribution in [0.2, 0.25) is 0 Å². The maximum absolute atomic E-state index is 11.8. The number of carbonyl (C=O) groups excluding carboxylic acids is 1. The molecule has 0 spiro atoms. The Morgan fingerprint density at radius 3 is 2.71 bits per heavy atom. The van der Waals surface area contributed by atoms with Crippen molar-refractivity contribution in [3.63, 3.8) is 0 Å². The number of hydrogen-bond donors (Lipinski definition) is 0. The molecule has 1 aliphatic rings. The minimum atomic E-state index is -0.633. The number of carbonyl (C=O) groups is 1. The van der Waals surface area contributed by atoms with E-state index < -0.39 is 18.2 Å². The average Bonchev–Trinajstić information content (AvgIpc) is 3.16. The maximum Gasteiger partial charge on any atom is 0.322 e. The van der Waals surface area contributed by atoms with Gasteiger partial charge in [0.05, 0.1) is 12.8 Å². The van der Waals surface area contributed by atoms with Gasteiger partial charge in [-0.05, 0) is 5.56 Å². The lowest BCUT2D eigenvalue weighted by Gasteiger charge is -2.09. The van der Waals surface area contributed by atoms with Crippen LogP contribution in [0.4, 0.5) is 0 Å². The fourth-order valence-corrected chi connectivity index (χ4v) is 1.41. The first-order valence-corrected chi connectivity index (χ1v) is 4.92. The van der Waals surface area contributed by atoms with Gasteiger partial charge in [0.2, 0.25) is 6.29 Å². The molecule has 1 heterocycles. The third-order valence-corrected chi connectivity index (χ3v) is 2.21. The third-order valence-electron chi connectivity index (χ3n) is 2.21. The average molecular weight is 231 g/mol. The smallest absolute Gasteiger partial charge is 0.322 e. The van der Waals surface area contributed by atoms with Gasteiger partial charge in [-0.3, -0.25) is 4.79 Å². The van der Waals surface area contributed by atoms with Crippen LogP contribution in [0.15, 0.2) is 42.8 Å². The summed E-state index contributed by atoms with van der Waals surface area (Å²) in [5, 5.41) is 0. The van der Waals surface area contributed by atoms with Gasteiger partial charge >= 0.3 is 5.97 Å². The maximum atomic E-state index is 11.8. The summed E-state index contributed by atoms with van der Waals surface area (Å²) in [6.45, 7) is 6.51. The van der Waals surface area contributed by atoms with Crippen LogP contribution in [0.3, 0.4) is 0 Å². The predicted octanol–water partition coefficient (Wildman–Crippen LogP) is 1.99. The molecule has 0 amide bonds. The van der Waals surface area contributed by atoms with Crippen molar-refractivity contribution in [2.75, 3.05) is 0 Å². The summed E-state index contributed by atoms with van der Waals surface area (Å²) in [7, 11) is 0. The quantitative estimate of drug-likeness (QED) is 0.261. The molecule has 1 saturated heterocycles. The van der Waals surface area contributed by atoms with Crippen molar-refractivity contribution in [1.82, 2.24) is 0 Å². The molecule has 5 heteroatoms. The molecule has 0 aliphatic carbocycles. The SMILES string of the molecule is [C-]#[N+]/C=C\OC(=O)C(c1ccccc1)C1OO1. The van der Waals surface area contributed by atoms with Gasteiger partial charge in [-0.15, -0.1) is 0 Å². The van der Waals surface area contributed by atoms with E-state index in [4.69, 9.17) is 11.3 Å². The van der Waals surface area contributed by atoms with Crippen molar-refractivity contribution in [2.24, 2.45) is 0 Å². The lowest BCUT2D eigenvalue weighted by molar-refractivity contribution is -0.140. The Kier molecular flexibility index (Phi) is 3.50. The van der Waals surface area contributed by atoms with Crippen molar-refractivity contribution < 1.29 is 19.3 Å². The molecule has 1 aromatic rings. The largest absolute Gasteiger partial charge is 0.446 e. The molecule has 0 saturated carbocycles. The van der Waals surface area contributed by atoms with Crippen LogP contribution in [0.25, 0.3) is 4.85 Å². The Balaban J connectivity index is 2.10. The number of hydrogen-bond acceptors (Lipinski definition) is 4. The van der Waals surface area contributed by atoms with Crippen molar-refractivity contribution in [3.05, 3.63) is 59.8 Å². The molecule has 1 atom stereocenters. The second kappa shape index (κ2) is 5.25. The zero-order valence-electron chi connectivity index (χ0n) is 8.78. The summed E-state index contributed by atoms with van der Waals surface area (Å²) < 4.78 is 4.81. The summed E-state index contributed by atoms with van der Waals surface area (Å²) in [6, 6.07) is 9.05. The number of benzene rings is 1. The van der Waals surface area contributed by atoms with Gasteiger partial charge in [-0.2, -0.15) is 9.78 Å². The zero-order chi connectivity index (χ0) is 12.1. The van der Waals surface area contributed by atoms with Gasteiger partial charge in [0, 0.05) is 0 Å². The Morgan fingerprint density at radius 1 is 1.41 bits per heavy atom. The molecule has 1 aliphatic heterocycles. The van der Waals surface area contributed by atoms with Crippen molar-refractivity contribution >= 4 is 5.97 Å². The van der Waals surface area contributed by atoms with Crippen molar-refractivity contribution in [1.29, 1.82) is 0 Å². The highest BCUT2D eigenvalue weighted by atomic mass is 17.4. The molecule has 86 valence electrons. The molecule has 1 unspecified atom stereocenters. The van der Waals surface area contributed by atoms with Gasteiger partial charge < -0.3 is 4.74 Å². The van der Waals surface area contributed by atoms with E-state index in [2.05, 4.69) is 14.6 Å². The molecule has 5 nitrogen and oxygen atoms in total. The fraction of sp³-hybridized carbons (Fsp3) is 0.167. The van der Waals surface area contributed by atoms with E-state index in [1.54, 1.807) is 12.1 Å². The van der Waals surface area contributed by atoms with E-state index in [1.165, 1.54) is 0 Å².